The molecule has 0 radical (unpaired) electrons. The number of carbonyl (C=O) groups excluding carboxylic acids is 5. The highest BCUT2D eigenvalue weighted by Crippen LogP contribution is 2.24. The zero-order valence-electron chi connectivity index (χ0n) is 17.0. The predicted molar refractivity (Wildman–Crippen MR) is 112 cm³/mol. The molecule has 1 heterocycles. The summed E-state index contributed by atoms with van der Waals surface area (Å²) in [4.78, 5) is 61.5. The molecule has 5 amide bonds. The van der Waals surface area contributed by atoms with Gasteiger partial charge in [-0.15, -0.1) is 6.58 Å². The second-order valence-electron chi connectivity index (χ2n) is 6.58. The highest BCUT2D eigenvalue weighted by atomic mass is 16.5. The Morgan fingerprint density at radius 1 is 1.03 bits per heavy atom. The number of anilines is 1. The van der Waals surface area contributed by atoms with Crippen LogP contribution in [0.5, 0.6) is 5.75 Å². The Labute approximate surface area is 182 Å². The Hall–Kier alpha value is -4.47. The quantitative estimate of drug-likeness (QED) is 0.385. The van der Waals surface area contributed by atoms with Crippen molar-refractivity contribution >= 4 is 35.4 Å². The van der Waals surface area contributed by atoms with Crippen molar-refractivity contribution in [1.29, 1.82) is 0 Å². The fraction of sp³-hybridized carbons (Fsp3) is 0.136. The maximum atomic E-state index is 12.3. The fourth-order valence-electron chi connectivity index (χ4n) is 2.93. The van der Waals surface area contributed by atoms with Gasteiger partial charge in [0, 0.05) is 12.2 Å². The molecule has 0 atom stereocenters. The largest absolute Gasteiger partial charge is 0.497 e. The summed E-state index contributed by atoms with van der Waals surface area (Å²) in [6.07, 6.45) is 1.42. The predicted octanol–water partition coefficient (Wildman–Crippen LogP) is 1.98. The van der Waals surface area contributed by atoms with Gasteiger partial charge in [-0.2, -0.15) is 0 Å². The van der Waals surface area contributed by atoms with Gasteiger partial charge in [0.25, 0.3) is 17.7 Å². The number of methoxy groups -OCH3 is 1. The third-order valence-electron chi connectivity index (χ3n) is 4.45. The smallest absolute Gasteiger partial charge is 0.338 e. The average Bonchev–Trinajstić information content (AvgIpc) is 3.02. The lowest BCUT2D eigenvalue weighted by Gasteiger charge is -2.09. The summed E-state index contributed by atoms with van der Waals surface area (Å²) in [5.41, 5.74) is 0.646. The van der Waals surface area contributed by atoms with Crippen molar-refractivity contribution in [3.63, 3.8) is 0 Å². The van der Waals surface area contributed by atoms with Crippen molar-refractivity contribution < 1.29 is 33.4 Å². The normalized spacial score (nSPS) is 12.1. The Bertz CT molecular complexity index is 1110. The van der Waals surface area contributed by atoms with Gasteiger partial charge in [-0.1, -0.05) is 6.08 Å². The number of urea groups is 1. The molecule has 2 aromatic carbocycles. The van der Waals surface area contributed by atoms with E-state index in [-0.39, 0.29) is 23.2 Å². The van der Waals surface area contributed by atoms with Crippen LogP contribution in [0.3, 0.4) is 0 Å². The van der Waals surface area contributed by atoms with E-state index in [1.54, 1.807) is 24.3 Å². The fourth-order valence-corrected chi connectivity index (χ4v) is 2.93. The van der Waals surface area contributed by atoms with Crippen molar-refractivity contribution in [1.82, 2.24) is 10.2 Å². The van der Waals surface area contributed by atoms with Crippen molar-refractivity contribution in [3.8, 4) is 5.75 Å². The topological polar surface area (TPSA) is 131 Å². The number of imide groups is 2. The van der Waals surface area contributed by atoms with E-state index in [0.717, 1.165) is 4.90 Å². The van der Waals surface area contributed by atoms with Crippen LogP contribution in [0.25, 0.3) is 0 Å². The standard InChI is InChI=1S/C22H19N3O7/c1-3-10-25-19(27)16-9-4-13(11-17(16)20(25)28)21(29)32-12-18(26)24-22(30)23-14-5-7-15(31-2)8-6-14/h3-9,11H,1,10,12H2,2H3,(H2,23,24,26,30). The molecule has 10 heteroatoms. The Morgan fingerprint density at radius 3 is 2.38 bits per heavy atom. The summed E-state index contributed by atoms with van der Waals surface area (Å²) >= 11 is 0. The highest BCUT2D eigenvalue weighted by molar-refractivity contribution is 6.22. The van der Waals surface area contributed by atoms with E-state index in [0.29, 0.717) is 11.4 Å². The van der Waals surface area contributed by atoms with E-state index >= 15 is 0 Å². The van der Waals surface area contributed by atoms with Crippen LogP contribution >= 0.6 is 0 Å². The molecular weight excluding hydrogens is 418 g/mol. The highest BCUT2D eigenvalue weighted by Gasteiger charge is 2.35. The first-order chi connectivity index (χ1) is 15.3. The molecule has 1 aliphatic heterocycles. The molecule has 2 N–H and O–H groups in total. The number of nitrogens with one attached hydrogen (secondary N) is 2. The molecule has 0 aromatic heterocycles. The lowest BCUT2D eigenvalue weighted by Crippen LogP contribution is -2.37. The molecule has 0 unspecified atom stereocenters. The van der Waals surface area contributed by atoms with E-state index < -0.39 is 36.3 Å². The molecule has 3 rings (SSSR count). The van der Waals surface area contributed by atoms with Gasteiger partial charge in [-0.05, 0) is 42.5 Å². The first-order valence-corrected chi connectivity index (χ1v) is 9.37. The number of amides is 5. The minimum Gasteiger partial charge on any atom is -0.497 e. The molecule has 10 nitrogen and oxygen atoms in total. The number of fused-ring (bicyclic) bond motifs is 1. The average molecular weight is 437 g/mol. The number of esters is 1. The number of benzene rings is 2. The third-order valence-corrected chi connectivity index (χ3v) is 4.45. The summed E-state index contributed by atoms with van der Waals surface area (Å²) in [6.45, 7) is 2.83. The Morgan fingerprint density at radius 2 is 1.72 bits per heavy atom. The van der Waals surface area contributed by atoms with Gasteiger partial charge in [-0.25, -0.2) is 9.59 Å². The molecule has 0 aliphatic carbocycles. The minimum absolute atomic E-state index is 0.0131. The van der Waals surface area contributed by atoms with E-state index in [2.05, 4.69) is 11.9 Å². The Kier molecular flexibility index (Phi) is 6.64. The lowest BCUT2D eigenvalue weighted by atomic mass is 10.1. The van der Waals surface area contributed by atoms with Gasteiger partial charge >= 0.3 is 12.0 Å². The maximum Gasteiger partial charge on any atom is 0.338 e. The van der Waals surface area contributed by atoms with Crippen molar-refractivity contribution in [2.75, 3.05) is 25.6 Å². The second-order valence-corrected chi connectivity index (χ2v) is 6.58. The summed E-state index contributed by atoms with van der Waals surface area (Å²) in [5.74, 6) is -2.17. The maximum absolute atomic E-state index is 12.3. The van der Waals surface area contributed by atoms with E-state index in [1.165, 1.54) is 31.4 Å². The first kappa shape index (κ1) is 22.2. The number of ether oxygens (including phenoxy) is 2. The molecule has 0 bridgehead atoms. The van der Waals surface area contributed by atoms with E-state index in [1.807, 2.05) is 5.32 Å². The van der Waals surface area contributed by atoms with Crippen LogP contribution in [0.2, 0.25) is 0 Å². The summed E-state index contributed by atoms with van der Waals surface area (Å²) in [7, 11) is 1.51. The molecule has 164 valence electrons. The SMILES string of the molecule is C=CCN1C(=O)c2ccc(C(=O)OCC(=O)NC(=O)Nc3ccc(OC)cc3)cc2C1=O. The van der Waals surface area contributed by atoms with E-state index in [4.69, 9.17) is 9.47 Å². The zero-order chi connectivity index (χ0) is 23.3. The third kappa shape index (κ3) is 4.81. The van der Waals surface area contributed by atoms with Crippen LogP contribution < -0.4 is 15.4 Å². The van der Waals surface area contributed by atoms with Crippen LogP contribution in [0, 0.1) is 0 Å². The number of rotatable bonds is 7. The molecule has 32 heavy (non-hydrogen) atoms. The Balaban J connectivity index is 1.54. The number of carbonyl (C=O) groups is 5. The molecule has 0 saturated carbocycles. The van der Waals surface area contributed by atoms with E-state index in [9.17, 15) is 24.0 Å². The van der Waals surface area contributed by atoms with Crippen molar-refractivity contribution in [2.24, 2.45) is 0 Å². The van der Waals surface area contributed by atoms with Gasteiger partial charge in [0.05, 0.1) is 23.8 Å². The van der Waals surface area contributed by atoms with Gasteiger partial charge < -0.3 is 14.8 Å². The molecular formula is C22H19N3O7. The lowest BCUT2D eigenvalue weighted by molar-refractivity contribution is -0.123. The molecule has 0 saturated heterocycles. The monoisotopic (exact) mass is 437 g/mol. The van der Waals surface area contributed by atoms with Crippen molar-refractivity contribution in [2.45, 2.75) is 0 Å². The van der Waals surface area contributed by atoms with Crippen LogP contribution in [-0.4, -0.2) is 54.9 Å². The number of hydrogen-bond donors (Lipinski definition) is 2. The van der Waals surface area contributed by atoms with Gasteiger partial charge in [0.2, 0.25) is 0 Å². The molecule has 2 aromatic rings. The summed E-state index contributed by atoms with van der Waals surface area (Å²) in [5, 5.41) is 4.47. The van der Waals surface area contributed by atoms with Crippen LogP contribution in [0.1, 0.15) is 31.1 Å². The van der Waals surface area contributed by atoms with Crippen LogP contribution in [-0.2, 0) is 9.53 Å². The number of nitrogens with zero attached hydrogens (tertiary/aromatic N) is 1. The minimum atomic E-state index is -0.888. The van der Waals surface area contributed by atoms with Gasteiger partial charge in [-0.3, -0.25) is 24.6 Å². The number of hydrogen-bond acceptors (Lipinski definition) is 7. The molecule has 0 fully saturated rings. The zero-order valence-corrected chi connectivity index (χ0v) is 17.0. The van der Waals surface area contributed by atoms with Crippen molar-refractivity contribution in [3.05, 3.63) is 71.8 Å². The summed E-state index contributed by atoms with van der Waals surface area (Å²) < 4.78 is 9.90. The van der Waals surface area contributed by atoms with Gasteiger partial charge in [0.15, 0.2) is 6.61 Å². The van der Waals surface area contributed by atoms with Crippen LogP contribution in [0.15, 0.2) is 55.1 Å². The molecule has 0 spiro atoms. The summed E-state index contributed by atoms with van der Waals surface area (Å²) in [6, 6.07) is 9.51. The first-order valence-electron chi connectivity index (χ1n) is 9.37. The van der Waals surface area contributed by atoms with Crippen LogP contribution in [0.4, 0.5) is 10.5 Å². The van der Waals surface area contributed by atoms with Gasteiger partial charge in [0.1, 0.15) is 5.75 Å². The molecule has 1 aliphatic rings. The second kappa shape index (κ2) is 9.56.